The molecule has 34 valence electrons. The second kappa shape index (κ2) is 9.90. The molecule has 1 nitrogen and oxygen atoms in total. The molecule has 0 spiro atoms. The Morgan fingerprint density at radius 1 is 1.17 bits per heavy atom. The fourth-order valence-corrected chi connectivity index (χ4v) is 0. The molecule has 0 aromatic rings. The van der Waals surface area contributed by atoms with Gasteiger partial charge in [0.2, 0.25) is 0 Å². The van der Waals surface area contributed by atoms with Crippen molar-refractivity contribution in [2.75, 3.05) is 21.1 Å². The summed E-state index contributed by atoms with van der Waals surface area (Å²) in [7, 11) is 6.00. The fourth-order valence-electron chi connectivity index (χ4n) is 0. The van der Waals surface area contributed by atoms with Gasteiger partial charge in [0, 0.05) is 0 Å². The van der Waals surface area contributed by atoms with Crippen LogP contribution in [0.3, 0.4) is 0 Å². The summed E-state index contributed by atoms with van der Waals surface area (Å²) in [5.74, 6) is 0. The van der Waals surface area contributed by atoms with E-state index in [4.69, 9.17) is 0 Å². The second-order valence-electron chi connectivity index (χ2n) is 1.34. The van der Waals surface area contributed by atoms with Crippen molar-refractivity contribution in [3.63, 3.8) is 0 Å². The van der Waals surface area contributed by atoms with E-state index in [1.165, 1.54) is 0 Å². The fraction of sp³-hybridized carbons (Fsp3) is 1.00. The van der Waals surface area contributed by atoms with E-state index in [1.807, 2.05) is 26.0 Å². The molecule has 0 amide bonds. The van der Waals surface area contributed by atoms with E-state index in [2.05, 4.69) is 0 Å². The molecule has 0 saturated carbocycles. The van der Waals surface area contributed by atoms with E-state index in [-0.39, 0.29) is 54.9 Å². The molecule has 0 unspecified atom stereocenters. The third-order valence-electron chi connectivity index (χ3n) is 0. The van der Waals surface area contributed by atoms with Crippen LogP contribution in [-0.4, -0.2) is 50.0 Å². The molecule has 0 heterocycles. The Morgan fingerprint density at radius 3 is 1.17 bits per heavy atom. The number of hydrogen-bond donors (Lipinski definition) is 0. The molecule has 0 fully saturated rings. The first kappa shape index (κ1) is 15.7. The maximum atomic E-state index is 2.00. The first-order valence-electron chi connectivity index (χ1n) is 1.34. The standard InChI is InChI=1S/C3H9N.Na.Sn.3H/c1-4(2)3;;;;;/h1-3H3;;;;;/q;+1;;;;-1. The molecule has 0 aliphatic carbocycles. The predicted octanol–water partition coefficient (Wildman–Crippen LogP) is -3.62. The van der Waals surface area contributed by atoms with Crippen molar-refractivity contribution in [2.45, 2.75) is 0 Å². The monoisotopic (exact) mass is 205 g/mol. The zero-order chi connectivity index (χ0) is 3.58. The van der Waals surface area contributed by atoms with Gasteiger partial charge in [-0.15, -0.1) is 0 Å². The molecule has 0 N–H and O–H groups in total. The van der Waals surface area contributed by atoms with E-state index in [1.54, 1.807) is 0 Å². The zero-order valence-corrected chi connectivity index (χ0v) is 11.2. The topological polar surface area (TPSA) is 3.24 Å². The van der Waals surface area contributed by atoms with Gasteiger partial charge in [-0.2, -0.15) is 0 Å². The predicted molar refractivity (Wildman–Crippen MR) is 29.3 cm³/mol. The van der Waals surface area contributed by atoms with Crippen LogP contribution in [0.5, 0.6) is 0 Å². The summed E-state index contributed by atoms with van der Waals surface area (Å²) in [6.07, 6.45) is 0. The van der Waals surface area contributed by atoms with Gasteiger partial charge >= 0.3 is 53.5 Å². The van der Waals surface area contributed by atoms with E-state index < -0.39 is 0 Å². The summed E-state index contributed by atoms with van der Waals surface area (Å²) in [5, 5.41) is 0. The van der Waals surface area contributed by atoms with Gasteiger partial charge in [-0.05, 0) is 21.1 Å². The maximum absolute atomic E-state index is 2.00. The van der Waals surface area contributed by atoms with E-state index >= 15 is 0 Å². The molecular formula is C3H12NNaSn. The van der Waals surface area contributed by atoms with Crippen LogP contribution in [0.15, 0.2) is 0 Å². The summed E-state index contributed by atoms with van der Waals surface area (Å²) in [5.41, 5.74) is 0. The molecule has 0 aromatic heterocycles. The number of nitrogens with zero attached hydrogens (tertiary/aromatic N) is 1. The molecule has 3 heteroatoms. The Labute approximate surface area is 80.2 Å². The Hall–Kier alpha value is 1.76. The van der Waals surface area contributed by atoms with Crippen LogP contribution in [0.25, 0.3) is 0 Å². The van der Waals surface area contributed by atoms with Crippen molar-refractivity contribution in [1.82, 2.24) is 4.90 Å². The molecule has 0 rings (SSSR count). The van der Waals surface area contributed by atoms with Gasteiger partial charge in [-0.1, -0.05) is 0 Å². The first-order valence-corrected chi connectivity index (χ1v) is 1.34. The molecule has 2 radical (unpaired) electrons. The number of rotatable bonds is 0. The minimum atomic E-state index is 0. The average Bonchev–Trinajstić information content (AvgIpc) is 0.811. The average molecular weight is 204 g/mol. The Bertz CT molecular complexity index is 19.7. The molecule has 0 atom stereocenters. The minimum absolute atomic E-state index is 0. The summed E-state index contributed by atoms with van der Waals surface area (Å²) in [6, 6.07) is 0. The molecule has 0 aliphatic heterocycles. The molecule has 0 saturated heterocycles. The third kappa shape index (κ3) is 42.2. The van der Waals surface area contributed by atoms with E-state index in [0.717, 1.165) is 0 Å². The Balaban J connectivity index is -0.0000000150. The molecule has 0 aromatic carbocycles. The second-order valence-corrected chi connectivity index (χ2v) is 1.34. The van der Waals surface area contributed by atoms with Crippen LogP contribution in [0, 0.1) is 0 Å². The van der Waals surface area contributed by atoms with Crippen LogP contribution in [-0.2, 0) is 0 Å². The molecular weight excluding hydrogens is 192 g/mol. The van der Waals surface area contributed by atoms with Crippen LogP contribution in [0.1, 0.15) is 1.43 Å². The van der Waals surface area contributed by atoms with Gasteiger partial charge in [0.05, 0.1) is 0 Å². The van der Waals surface area contributed by atoms with E-state index in [9.17, 15) is 0 Å². The van der Waals surface area contributed by atoms with Gasteiger partial charge in [0.15, 0.2) is 0 Å². The van der Waals surface area contributed by atoms with E-state index in [0.29, 0.717) is 0 Å². The van der Waals surface area contributed by atoms with Crippen LogP contribution in [0.2, 0.25) is 0 Å². The summed E-state index contributed by atoms with van der Waals surface area (Å²) in [6.45, 7) is 0. The van der Waals surface area contributed by atoms with Gasteiger partial charge < -0.3 is 6.33 Å². The molecule has 6 heavy (non-hydrogen) atoms. The normalized spacial score (nSPS) is 6.00. The van der Waals surface area contributed by atoms with Crippen molar-refractivity contribution in [3.8, 4) is 0 Å². The van der Waals surface area contributed by atoms with Crippen molar-refractivity contribution in [2.24, 2.45) is 0 Å². The SMILES string of the molecule is CN(C)C.[H-].[Na+].[SnH2]. The van der Waals surface area contributed by atoms with Crippen LogP contribution in [0.4, 0.5) is 0 Å². The van der Waals surface area contributed by atoms with Crippen molar-refractivity contribution in [3.05, 3.63) is 0 Å². The van der Waals surface area contributed by atoms with Crippen LogP contribution < -0.4 is 29.6 Å². The number of hydrogen-bond acceptors (Lipinski definition) is 1. The van der Waals surface area contributed by atoms with Crippen molar-refractivity contribution >= 4 is 23.9 Å². The zero-order valence-electron chi connectivity index (χ0n) is 6.15. The molecule has 0 aliphatic rings. The Kier molecular flexibility index (Phi) is 25.8. The van der Waals surface area contributed by atoms with Gasteiger partial charge in [-0.3, -0.25) is 0 Å². The van der Waals surface area contributed by atoms with Crippen molar-refractivity contribution in [1.29, 1.82) is 0 Å². The molecule has 0 bridgehead atoms. The van der Waals surface area contributed by atoms with Crippen molar-refractivity contribution < 1.29 is 31.0 Å². The third-order valence-corrected chi connectivity index (χ3v) is 0. The quantitative estimate of drug-likeness (QED) is 0.368. The van der Waals surface area contributed by atoms with Gasteiger partial charge in [-0.25, -0.2) is 0 Å². The van der Waals surface area contributed by atoms with Crippen LogP contribution >= 0.6 is 0 Å². The Morgan fingerprint density at radius 2 is 1.17 bits per heavy atom. The first-order chi connectivity index (χ1) is 1.73. The summed E-state index contributed by atoms with van der Waals surface area (Å²) in [4.78, 5) is 2.00. The van der Waals surface area contributed by atoms with Gasteiger partial charge in [0.1, 0.15) is 0 Å². The summed E-state index contributed by atoms with van der Waals surface area (Å²) >= 11 is 0. The summed E-state index contributed by atoms with van der Waals surface area (Å²) < 4.78 is 0. The van der Waals surface area contributed by atoms with Gasteiger partial charge in [0.25, 0.3) is 0 Å².